The number of nitrogens with one attached hydrogen (secondary N) is 2. The van der Waals surface area contributed by atoms with Crippen molar-refractivity contribution in [3.8, 4) is 11.6 Å². The van der Waals surface area contributed by atoms with Crippen LogP contribution in [0.3, 0.4) is 0 Å². The minimum Gasteiger partial charge on any atom is -0.493 e. The van der Waals surface area contributed by atoms with Gasteiger partial charge in [0.2, 0.25) is 5.88 Å². The van der Waals surface area contributed by atoms with Gasteiger partial charge in [0.05, 0.1) is 16.3 Å². The molecule has 3 aromatic carbocycles. The van der Waals surface area contributed by atoms with Gasteiger partial charge >= 0.3 is 5.69 Å². The Hall–Kier alpha value is -3.96. The maximum Gasteiger partial charge on any atom is 0.335 e. The van der Waals surface area contributed by atoms with Crippen molar-refractivity contribution in [2.75, 3.05) is 4.72 Å². The van der Waals surface area contributed by atoms with Crippen molar-refractivity contribution in [3.63, 3.8) is 0 Å². The average molecular weight is 583 g/mol. The SMILES string of the molecule is Cc1cccc(NS(=O)(=O)c2ccc(N=Cc3c(O)n(-c4cc(C)c(Br)cc4C)c(=O)[nH]c3=O)cc2)c1. The van der Waals surface area contributed by atoms with Gasteiger partial charge in [0, 0.05) is 16.4 Å². The van der Waals surface area contributed by atoms with E-state index in [1.165, 1.54) is 24.3 Å². The molecule has 0 fully saturated rings. The molecule has 0 spiro atoms. The number of benzene rings is 3. The summed E-state index contributed by atoms with van der Waals surface area (Å²) in [6.07, 6.45) is 1.12. The normalized spacial score (nSPS) is 11.7. The fourth-order valence-electron chi connectivity index (χ4n) is 3.66. The number of aliphatic imine (C=N–C) groups is 1. The van der Waals surface area contributed by atoms with Crippen LogP contribution >= 0.6 is 15.9 Å². The summed E-state index contributed by atoms with van der Waals surface area (Å²) in [7, 11) is -3.82. The summed E-state index contributed by atoms with van der Waals surface area (Å²) < 4.78 is 29.8. The lowest BCUT2D eigenvalue weighted by molar-refractivity contribution is 0.430. The summed E-state index contributed by atoms with van der Waals surface area (Å²) in [4.78, 5) is 31.4. The van der Waals surface area contributed by atoms with Crippen LogP contribution < -0.4 is 16.0 Å². The van der Waals surface area contributed by atoms with Crippen molar-refractivity contribution in [1.29, 1.82) is 0 Å². The predicted molar refractivity (Wildman–Crippen MR) is 147 cm³/mol. The molecule has 0 saturated carbocycles. The van der Waals surface area contributed by atoms with Gasteiger partial charge in [-0.2, -0.15) is 0 Å². The van der Waals surface area contributed by atoms with E-state index < -0.39 is 27.2 Å². The molecule has 0 atom stereocenters. The smallest absolute Gasteiger partial charge is 0.335 e. The third-order valence-corrected chi connectivity index (χ3v) is 7.85. The first-order valence-corrected chi connectivity index (χ1v) is 13.3. The Morgan fingerprint density at radius 3 is 2.38 bits per heavy atom. The van der Waals surface area contributed by atoms with E-state index in [-0.39, 0.29) is 10.5 Å². The summed E-state index contributed by atoms with van der Waals surface area (Å²) >= 11 is 3.43. The molecular formula is C26H23BrN4O5S. The Labute approximate surface area is 221 Å². The number of H-pyrrole nitrogens is 1. The highest BCUT2D eigenvalue weighted by atomic mass is 79.9. The second kappa shape index (κ2) is 10.2. The molecule has 3 N–H and O–H groups in total. The average Bonchev–Trinajstić information content (AvgIpc) is 2.82. The second-order valence-electron chi connectivity index (χ2n) is 8.45. The number of hydrogen-bond donors (Lipinski definition) is 3. The highest BCUT2D eigenvalue weighted by Crippen LogP contribution is 2.26. The number of rotatable bonds is 6. The number of aromatic hydroxyl groups is 1. The first kappa shape index (κ1) is 26.1. The van der Waals surface area contributed by atoms with Gasteiger partial charge in [0.15, 0.2) is 0 Å². The van der Waals surface area contributed by atoms with Gasteiger partial charge in [0.25, 0.3) is 15.6 Å². The number of aromatic nitrogens is 2. The zero-order valence-electron chi connectivity index (χ0n) is 20.1. The van der Waals surface area contributed by atoms with Crippen molar-refractivity contribution in [2.45, 2.75) is 25.7 Å². The van der Waals surface area contributed by atoms with E-state index in [1.807, 2.05) is 19.9 Å². The largest absolute Gasteiger partial charge is 0.493 e. The molecule has 9 nitrogen and oxygen atoms in total. The maximum atomic E-state index is 12.7. The van der Waals surface area contributed by atoms with E-state index in [1.54, 1.807) is 37.3 Å². The molecule has 0 saturated heterocycles. The molecule has 11 heteroatoms. The molecule has 4 aromatic rings. The highest BCUT2D eigenvalue weighted by Gasteiger charge is 2.17. The number of nitrogens with zero attached hydrogens (tertiary/aromatic N) is 2. The fraction of sp³-hybridized carbons (Fsp3) is 0.115. The summed E-state index contributed by atoms with van der Waals surface area (Å²) in [6.45, 7) is 5.47. The van der Waals surface area contributed by atoms with Crippen molar-refractivity contribution in [1.82, 2.24) is 9.55 Å². The van der Waals surface area contributed by atoms with Gasteiger partial charge in [-0.25, -0.2) is 17.8 Å². The van der Waals surface area contributed by atoms with Crippen molar-refractivity contribution in [2.24, 2.45) is 4.99 Å². The highest BCUT2D eigenvalue weighted by molar-refractivity contribution is 9.10. The quantitative estimate of drug-likeness (QED) is 0.288. The minimum atomic E-state index is -3.82. The molecule has 0 amide bonds. The molecule has 4 rings (SSSR count). The van der Waals surface area contributed by atoms with Crippen molar-refractivity contribution < 1.29 is 13.5 Å². The van der Waals surface area contributed by atoms with Crippen LogP contribution in [0.4, 0.5) is 11.4 Å². The molecule has 0 bridgehead atoms. The zero-order chi connectivity index (χ0) is 26.9. The predicted octanol–water partition coefficient (Wildman–Crippen LogP) is 4.47. The van der Waals surface area contributed by atoms with Crippen molar-refractivity contribution in [3.05, 3.63) is 108 Å². The van der Waals surface area contributed by atoms with Crippen LogP contribution in [0.15, 0.2) is 84.6 Å². The molecule has 0 radical (unpaired) electrons. The van der Waals surface area contributed by atoms with Crippen LogP contribution in [0.1, 0.15) is 22.3 Å². The number of sulfonamides is 1. The Kier molecular flexibility index (Phi) is 7.19. The number of hydrogen-bond acceptors (Lipinski definition) is 6. The molecule has 0 aliphatic heterocycles. The summed E-state index contributed by atoms with van der Waals surface area (Å²) in [5, 5.41) is 10.8. The van der Waals surface area contributed by atoms with Gasteiger partial charge in [-0.05, 0) is 86.0 Å². The van der Waals surface area contributed by atoms with Gasteiger partial charge in [-0.15, -0.1) is 0 Å². The van der Waals surface area contributed by atoms with Crippen LogP contribution in [-0.2, 0) is 10.0 Å². The molecule has 1 aromatic heterocycles. The molecule has 0 aliphatic rings. The van der Waals surface area contributed by atoms with Gasteiger partial charge in [0.1, 0.15) is 5.56 Å². The van der Waals surface area contributed by atoms with Crippen LogP contribution in [0.2, 0.25) is 0 Å². The first-order chi connectivity index (χ1) is 17.5. The molecular weight excluding hydrogens is 560 g/mol. The van der Waals surface area contributed by atoms with Crippen molar-refractivity contribution >= 4 is 43.5 Å². The Bertz CT molecular complexity index is 1760. The van der Waals surface area contributed by atoms with Gasteiger partial charge in [-0.3, -0.25) is 19.5 Å². The van der Waals surface area contributed by atoms with Crippen LogP contribution in [0.5, 0.6) is 5.88 Å². The summed E-state index contributed by atoms with van der Waals surface area (Å²) in [5.41, 5.74) is 1.81. The third-order valence-electron chi connectivity index (χ3n) is 5.60. The van der Waals surface area contributed by atoms with E-state index in [4.69, 9.17) is 0 Å². The minimum absolute atomic E-state index is 0.0308. The Morgan fingerprint density at radius 2 is 1.70 bits per heavy atom. The van der Waals surface area contributed by atoms with E-state index >= 15 is 0 Å². The zero-order valence-corrected chi connectivity index (χ0v) is 22.5. The maximum absolute atomic E-state index is 12.7. The third kappa shape index (κ3) is 5.57. The first-order valence-electron chi connectivity index (χ1n) is 11.1. The van der Waals surface area contributed by atoms with E-state index in [0.717, 1.165) is 26.4 Å². The van der Waals surface area contributed by atoms with E-state index in [2.05, 4.69) is 30.6 Å². The Balaban J connectivity index is 1.65. The van der Waals surface area contributed by atoms with Gasteiger partial charge < -0.3 is 5.11 Å². The number of halogens is 1. The number of anilines is 1. The van der Waals surface area contributed by atoms with Gasteiger partial charge in [-0.1, -0.05) is 28.1 Å². The molecule has 190 valence electrons. The summed E-state index contributed by atoms with van der Waals surface area (Å²) in [5.74, 6) is -0.566. The fourth-order valence-corrected chi connectivity index (χ4v) is 5.17. The second-order valence-corrected chi connectivity index (χ2v) is 11.0. The van der Waals surface area contributed by atoms with Crippen LogP contribution in [0.25, 0.3) is 5.69 Å². The van der Waals surface area contributed by atoms with Crippen LogP contribution in [-0.4, -0.2) is 29.3 Å². The number of aryl methyl sites for hydroxylation is 3. The van der Waals surface area contributed by atoms with E-state index in [9.17, 15) is 23.1 Å². The molecule has 1 heterocycles. The lowest BCUT2D eigenvalue weighted by atomic mass is 10.1. The molecule has 0 unspecified atom stereocenters. The summed E-state index contributed by atoms with van der Waals surface area (Å²) in [6, 6.07) is 16.2. The lowest BCUT2D eigenvalue weighted by Crippen LogP contribution is -2.31. The topological polar surface area (TPSA) is 134 Å². The molecule has 37 heavy (non-hydrogen) atoms. The number of aromatic amines is 1. The molecule has 0 aliphatic carbocycles. The standard InChI is InChI=1S/C26H23BrN4O5S/c1-15-5-4-6-19(11-15)30-37(35,36)20-9-7-18(8-10-20)28-14-21-24(32)29-26(34)31(25(21)33)23-13-16(2)22(27)12-17(23)3/h4-14,30,33H,1-3H3,(H,29,32,34). The van der Waals surface area contributed by atoms with E-state index in [0.29, 0.717) is 22.6 Å². The monoisotopic (exact) mass is 582 g/mol. The van der Waals surface area contributed by atoms with Crippen LogP contribution in [0, 0.1) is 20.8 Å². The lowest BCUT2D eigenvalue weighted by Gasteiger charge is -2.14. The Morgan fingerprint density at radius 1 is 1.00 bits per heavy atom.